The molecule has 0 radical (unpaired) electrons. The first-order valence-corrected chi connectivity index (χ1v) is 13.7. The first kappa shape index (κ1) is 28.6. The van der Waals surface area contributed by atoms with Gasteiger partial charge in [-0.3, -0.25) is 10.1 Å². The third-order valence-electron chi connectivity index (χ3n) is 6.21. The summed E-state index contributed by atoms with van der Waals surface area (Å²) in [7, 11) is 0. The molecule has 4 aromatic rings. The van der Waals surface area contributed by atoms with E-state index in [0.717, 1.165) is 54.7 Å². The van der Waals surface area contributed by atoms with Gasteiger partial charge in [-0.25, -0.2) is 9.78 Å². The fraction of sp³-hybridized carbons (Fsp3) is 0.321. The summed E-state index contributed by atoms with van der Waals surface area (Å²) in [4.78, 5) is 32.6. The van der Waals surface area contributed by atoms with E-state index in [-0.39, 0.29) is 17.5 Å². The van der Waals surface area contributed by atoms with Crippen LogP contribution in [0.2, 0.25) is 0 Å². The Morgan fingerprint density at radius 3 is 2.45 bits per heavy atom. The highest BCUT2D eigenvalue weighted by atomic mass is 32.1. The number of aromatic nitrogens is 4. The highest BCUT2D eigenvalue weighted by molar-refractivity contribution is 7.03. The lowest BCUT2D eigenvalue weighted by atomic mass is 10.1. The maximum atomic E-state index is 11.7. The molecule has 0 aliphatic carbocycles. The van der Waals surface area contributed by atoms with Crippen molar-refractivity contribution in [2.24, 2.45) is 0 Å². The Kier molecular flexibility index (Phi) is 9.68. The number of nitro groups is 1. The Labute approximate surface area is 236 Å². The molecule has 0 unspecified atom stereocenters. The smallest absolute Gasteiger partial charge is 0.373 e. The first-order valence-electron chi connectivity index (χ1n) is 12.9. The zero-order valence-corrected chi connectivity index (χ0v) is 23.4. The van der Waals surface area contributed by atoms with Gasteiger partial charge in [0.2, 0.25) is 5.82 Å². The number of carbonyl (C=O) groups excluding carboxylic acids is 1. The van der Waals surface area contributed by atoms with E-state index < -0.39 is 4.92 Å². The second kappa shape index (κ2) is 13.6. The monoisotopic (exact) mass is 562 g/mol. The van der Waals surface area contributed by atoms with Crippen LogP contribution in [-0.2, 0) is 4.74 Å². The summed E-state index contributed by atoms with van der Waals surface area (Å²) in [6.45, 7) is 7.64. The van der Waals surface area contributed by atoms with Crippen LogP contribution in [0, 0.1) is 24.0 Å². The minimum Gasteiger partial charge on any atom is -0.462 e. The molecule has 1 aliphatic rings. The third-order valence-corrected chi connectivity index (χ3v) is 6.71. The molecule has 0 N–H and O–H groups in total. The number of ether oxygens (including phenoxy) is 2. The van der Waals surface area contributed by atoms with E-state index in [9.17, 15) is 14.9 Å². The molecular formula is C28H30N6O5S. The number of esters is 1. The van der Waals surface area contributed by atoms with Gasteiger partial charge in [-0.05, 0) is 87.5 Å². The van der Waals surface area contributed by atoms with Gasteiger partial charge in [-0.15, -0.1) is 5.10 Å². The summed E-state index contributed by atoms with van der Waals surface area (Å²) in [6.07, 6.45) is 4.41. The van der Waals surface area contributed by atoms with Crippen LogP contribution in [-0.4, -0.2) is 50.1 Å². The fourth-order valence-electron chi connectivity index (χ4n) is 4.27. The van der Waals surface area contributed by atoms with Crippen molar-refractivity contribution in [2.45, 2.75) is 40.0 Å². The predicted octanol–water partition coefficient (Wildman–Crippen LogP) is 6.17. The minimum absolute atomic E-state index is 0.0568. The standard InChI is InChI=1S/C17H16N6O3S.C11H14O2/c24-23(25)15-16(22-8-2-1-3-9-22)18-11-19-17(15)26-13-6-4-12(5-7-13)14-10-27-21-20-14;1-4-13-11(12)10-6-5-8(2)7-9(10)3/h4-7,10-11H,1-3,8-9H2;5-7H,4H2,1-3H3. The highest BCUT2D eigenvalue weighted by Crippen LogP contribution is 2.37. The molecule has 5 rings (SSSR count). The molecular weight excluding hydrogens is 532 g/mol. The Bertz CT molecular complexity index is 1440. The van der Waals surface area contributed by atoms with Gasteiger partial charge in [0.25, 0.3) is 0 Å². The second-order valence-corrected chi connectivity index (χ2v) is 9.72. The number of anilines is 1. The lowest BCUT2D eigenvalue weighted by molar-refractivity contribution is -0.385. The molecule has 0 amide bonds. The molecule has 12 heteroatoms. The van der Waals surface area contributed by atoms with Crippen LogP contribution in [0.15, 0.2) is 54.2 Å². The van der Waals surface area contributed by atoms with Gasteiger partial charge in [0.1, 0.15) is 17.8 Å². The van der Waals surface area contributed by atoms with Gasteiger partial charge >= 0.3 is 17.5 Å². The SMILES string of the molecule is CCOC(=O)c1ccc(C)cc1C.O=[N+]([O-])c1c(Oc2ccc(-c3csnn3)cc2)ncnc1N1CCCCC1. The normalized spacial score (nSPS) is 12.7. The third kappa shape index (κ3) is 7.14. The Morgan fingerprint density at radius 2 is 1.82 bits per heavy atom. The molecule has 0 spiro atoms. The first-order chi connectivity index (χ1) is 19.4. The van der Waals surface area contributed by atoms with Gasteiger partial charge in [-0.2, -0.15) is 4.98 Å². The maximum Gasteiger partial charge on any atom is 0.373 e. The van der Waals surface area contributed by atoms with Crippen molar-refractivity contribution in [3.8, 4) is 22.9 Å². The summed E-state index contributed by atoms with van der Waals surface area (Å²) < 4.78 is 14.5. The highest BCUT2D eigenvalue weighted by Gasteiger charge is 2.29. The maximum absolute atomic E-state index is 11.7. The zero-order chi connectivity index (χ0) is 28.5. The molecule has 2 aromatic heterocycles. The van der Waals surface area contributed by atoms with E-state index in [4.69, 9.17) is 9.47 Å². The van der Waals surface area contributed by atoms with Crippen molar-refractivity contribution >= 4 is 29.0 Å². The van der Waals surface area contributed by atoms with Gasteiger partial charge in [0, 0.05) is 24.0 Å². The van der Waals surface area contributed by atoms with Crippen molar-refractivity contribution < 1.29 is 19.2 Å². The zero-order valence-electron chi connectivity index (χ0n) is 22.6. The summed E-state index contributed by atoms with van der Waals surface area (Å²) >= 11 is 1.27. The van der Waals surface area contributed by atoms with E-state index >= 15 is 0 Å². The quantitative estimate of drug-likeness (QED) is 0.146. The predicted molar refractivity (Wildman–Crippen MR) is 152 cm³/mol. The van der Waals surface area contributed by atoms with Crippen LogP contribution >= 0.6 is 11.5 Å². The lowest BCUT2D eigenvalue weighted by Gasteiger charge is -2.27. The number of piperidine rings is 1. The van der Waals surface area contributed by atoms with Crippen LogP contribution in [0.5, 0.6) is 11.6 Å². The van der Waals surface area contributed by atoms with Crippen LogP contribution in [0.25, 0.3) is 11.3 Å². The number of hydrogen-bond acceptors (Lipinski definition) is 11. The van der Waals surface area contributed by atoms with Gasteiger partial charge in [-0.1, -0.05) is 22.2 Å². The fourth-order valence-corrected chi connectivity index (χ4v) is 4.74. The van der Waals surface area contributed by atoms with E-state index in [1.165, 1.54) is 17.9 Å². The number of rotatable bonds is 7. The largest absolute Gasteiger partial charge is 0.462 e. The average molecular weight is 563 g/mol. The lowest BCUT2D eigenvalue weighted by Crippen LogP contribution is -2.30. The number of hydrogen-bond donors (Lipinski definition) is 0. The number of benzene rings is 2. The molecule has 11 nitrogen and oxygen atoms in total. The van der Waals surface area contributed by atoms with Crippen molar-refractivity contribution in [3.05, 3.63) is 81.0 Å². The molecule has 0 saturated carbocycles. The minimum atomic E-state index is -0.478. The molecule has 208 valence electrons. The van der Waals surface area contributed by atoms with E-state index in [2.05, 4.69) is 19.6 Å². The van der Waals surface area contributed by atoms with E-state index in [1.807, 2.05) is 54.5 Å². The van der Waals surface area contributed by atoms with Crippen molar-refractivity contribution in [2.75, 3.05) is 24.6 Å². The average Bonchev–Trinajstić information content (AvgIpc) is 3.49. The Hall–Kier alpha value is -4.45. The Balaban J connectivity index is 0.000000240. The molecule has 3 heterocycles. The van der Waals surface area contributed by atoms with Crippen molar-refractivity contribution in [1.82, 2.24) is 19.6 Å². The number of aryl methyl sites for hydroxylation is 2. The van der Waals surface area contributed by atoms with E-state index in [1.54, 1.807) is 19.1 Å². The van der Waals surface area contributed by atoms with Crippen molar-refractivity contribution in [1.29, 1.82) is 0 Å². The second-order valence-electron chi connectivity index (χ2n) is 9.11. The summed E-state index contributed by atoms with van der Waals surface area (Å²) in [5.74, 6) is 0.474. The molecule has 0 bridgehead atoms. The van der Waals surface area contributed by atoms with Crippen LogP contribution in [0.3, 0.4) is 0 Å². The molecule has 1 saturated heterocycles. The topological polar surface area (TPSA) is 133 Å². The molecule has 1 fully saturated rings. The molecule has 2 aromatic carbocycles. The molecule has 0 atom stereocenters. The van der Waals surface area contributed by atoms with Gasteiger partial charge in [0.15, 0.2) is 0 Å². The van der Waals surface area contributed by atoms with E-state index in [0.29, 0.717) is 23.7 Å². The van der Waals surface area contributed by atoms with Gasteiger partial charge in [0.05, 0.1) is 17.1 Å². The summed E-state index contributed by atoms with van der Waals surface area (Å²) in [5.41, 5.74) is 4.25. The van der Waals surface area contributed by atoms with Crippen molar-refractivity contribution in [3.63, 3.8) is 0 Å². The summed E-state index contributed by atoms with van der Waals surface area (Å²) in [6, 6.07) is 12.8. The number of nitrogens with zero attached hydrogens (tertiary/aromatic N) is 6. The van der Waals surface area contributed by atoms with Crippen LogP contribution in [0.4, 0.5) is 11.5 Å². The van der Waals surface area contributed by atoms with Crippen LogP contribution in [0.1, 0.15) is 47.7 Å². The molecule has 1 aliphatic heterocycles. The Morgan fingerprint density at radius 1 is 1.07 bits per heavy atom. The van der Waals surface area contributed by atoms with Gasteiger partial charge < -0.3 is 14.4 Å². The number of carbonyl (C=O) groups is 1. The summed E-state index contributed by atoms with van der Waals surface area (Å²) in [5, 5.41) is 17.5. The molecule has 40 heavy (non-hydrogen) atoms. The van der Waals surface area contributed by atoms with Crippen LogP contribution < -0.4 is 9.64 Å².